The first-order valence-corrected chi connectivity index (χ1v) is 16.4. The van der Waals surface area contributed by atoms with Crippen LogP contribution < -0.4 is 4.74 Å². The minimum absolute atomic E-state index is 0.00263. The second kappa shape index (κ2) is 11.3. The van der Waals surface area contributed by atoms with Gasteiger partial charge in [-0.15, -0.1) is 10.2 Å². The van der Waals surface area contributed by atoms with Crippen molar-refractivity contribution in [3.8, 4) is 5.88 Å². The van der Waals surface area contributed by atoms with Crippen LogP contribution in [-0.4, -0.2) is 68.7 Å². The lowest BCUT2D eigenvalue weighted by Gasteiger charge is -2.33. The molecule has 5 heterocycles. The predicted molar refractivity (Wildman–Crippen MR) is 163 cm³/mol. The number of rotatable bonds is 6. The van der Waals surface area contributed by atoms with E-state index in [1.165, 1.54) is 22.6 Å². The SMILES string of the molecule is Cc1cnc2c(c1)S(=O)(=O)N(Cc1cc([C@@H](c3ccn4c(C(F)(F)F)nnc4c3C)C(C)(C)C(=O)O)ccc1C)C[C@]1(CCOC1)O2. The summed E-state index contributed by atoms with van der Waals surface area (Å²) in [5.74, 6) is -3.16. The van der Waals surface area contributed by atoms with Crippen molar-refractivity contribution in [2.75, 3.05) is 19.8 Å². The highest BCUT2D eigenvalue weighted by atomic mass is 32.2. The van der Waals surface area contributed by atoms with Gasteiger partial charge >= 0.3 is 12.1 Å². The molecule has 250 valence electrons. The van der Waals surface area contributed by atoms with Crippen molar-refractivity contribution < 1.29 is 41.0 Å². The quantitative estimate of drug-likeness (QED) is 0.298. The monoisotopic (exact) mass is 673 g/mol. The van der Waals surface area contributed by atoms with E-state index >= 15 is 0 Å². The third-order valence-electron chi connectivity index (χ3n) is 9.18. The molecule has 4 aromatic rings. The van der Waals surface area contributed by atoms with Gasteiger partial charge in [-0.3, -0.25) is 9.20 Å². The van der Waals surface area contributed by atoms with Gasteiger partial charge in [0.2, 0.25) is 21.7 Å². The number of hydrogen-bond acceptors (Lipinski definition) is 8. The second-order valence-corrected chi connectivity index (χ2v) is 14.8. The molecular formula is C32H34F3N5O6S. The van der Waals surface area contributed by atoms with E-state index in [0.29, 0.717) is 40.8 Å². The lowest BCUT2D eigenvalue weighted by molar-refractivity contribution is -0.147. The molecule has 0 bridgehead atoms. The van der Waals surface area contributed by atoms with Crippen molar-refractivity contribution in [2.24, 2.45) is 5.41 Å². The highest BCUT2D eigenvalue weighted by molar-refractivity contribution is 7.89. The summed E-state index contributed by atoms with van der Waals surface area (Å²) in [5, 5.41) is 17.5. The van der Waals surface area contributed by atoms with Crippen LogP contribution in [0.3, 0.4) is 0 Å². The number of alkyl halides is 3. The maximum absolute atomic E-state index is 14.2. The molecule has 15 heteroatoms. The van der Waals surface area contributed by atoms with Crippen LogP contribution in [0.5, 0.6) is 5.88 Å². The van der Waals surface area contributed by atoms with Gasteiger partial charge in [0, 0.05) is 31.3 Å². The van der Waals surface area contributed by atoms with E-state index in [-0.39, 0.29) is 36.1 Å². The number of ether oxygens (including phenoxy) is 2. The van der Waals surface area contributed by atoms with Crippen molar-refractivity contribution in [2.45, 2.75) is 70.2 Å². The molecule has 1 N–H and O–H groups in total. The molecule has 0 unspecified atom stereocenters. The van der Waals surface area contributed by atoms with Crippen LogP contribution in [0.2, 0.25) is 0 Å². The Morgan fingerprint density at radius 2 is 1.87 bits per heavy atom. The van der Waals surface area contributed by atoms with Crippen molar-refractivity contribution in [1.29, 1.82) is 0 Å². The first-order chi connectivity index (χ1) is 21.9. The zero-order valence-electron chi connectivity index (χ0n) is 26.4. The fraction of sp³-hybridized carbons (Fsp3) is 0.438. The zero-order chi connectivity index (χ0) is 34.1. The molecule has 0 aliphatic carbocycles. The molecule has 0 radical (unpaired) electrons. The second-order valence-electron chi connectivity index (χ2n) is 12.9. The average molecular weight is 674 g/mol. The maximum Gasteiger partial charge on any atom is 0.452 e. The number of pyridine rings is 2. The van der Waals surface area contributed by atoms with Gasteiger partial charge < -0.3 is 14.6 Å². The van der Waals surface area contributed by atoms with E-state index in [9.17, 15) is 31.5 Å². The molecule has 0 saturated carbocycles. The summed E-state index contributed by atoms with van der Waals surface area (Å²) in [6.07, 6.45) is -1.53. The van der Waals surface area contributed by atoms with Gasteiger partial charge in [0.15, 0.2) is 5.65 Å². The standard InChI is InChI=1S/C32H34F3N5O6S/c1-18-12-24-27(36-14-18)46-31(9-11-45-17-31)16-39(47(24,43)44)15-22-13-21(7-6-19(22)2)25(30(4,5)29(41)42)23-8-10-40-26(20(23)3)37-38-28(40)32(33,34)35/h6-8,10,12-14,25H,9,11,15-17H2,1-5H3,(H,41,42)/t25-,31-/m0/s1. The molecule has 0 amide bonds. The number of carboxylic acids is 1. The van der Waals surface area contributed by atoms with E-state index in [1.807, 2.05) is 6.92 Å². The Morgan fingerprint density at radius 1 is 1.13 bits per heavy atom. The van der Waals surface area contributed by atoms with Gasteiger partial charge in [-0.2, -0.15) is 17.5 Å². The van der Waals surface area contributed by atoms with Crippen LogP contribution in [0.4, 0.5) is 13.2 Å². The highest BCUT2D eigenvalue weighted by Crippen LogP contribution is 2.44. The molecule has 3 aromatic heterocycles. The lowest BCUT2D eigenvalue weighted by atomic mass is 9.70. The first-order valence-electron chi connectivity index (χ1n) is 14.9. The van der Waals surface area contributed by atoms with Crippen LogP contribution >= 0.6 is 0 Å². The Kier molecular flexibility index (Phi) is 7.88. The fourth-order valence-electron chi connectivity index (χ4n) is 6.45. The largest absolute Gasteiger partial charge is 0.481 e. The number of fused-ring (bicyclic) bond motifs is 2. The van der Waals surface area contributed by atoms with Gasteiger partial charge in [0.1, 0.15) is 10.5 Å². The summed E-state index contributed by atoms with van der Waals surface area (Å²) in [4.78, 5) is 17.0. The molecule has 2 aliphatic rings. The van der Waals surface area contributed by atoms with Crippen molar-refractivity contribution in [3.63, 3.8) is 0 Å². The van der Waals surface area contributed by atoms with Crippen molar-refractivity contribution >= 4 is 21.6 Å². The molecule has 47 heavy (non-hydrogen) atoms. The Morgan fingerprint density at radius 3 is 2.53 bits per heavy atom. The van der Waals surface area contributed by atoms with E-state index in [2.05, 4.69) is 15.2 Å². The van der Waals surface area contributed by atoms with Gasteiger partial charge in [0.05, 0.1) is 25.2 Å². The number of carboxylic acid groups (broad SMARTS) is 1. The van der Waals surface area contributed by atoms with Crippen molar-refractivity contribution in [3.05, 3.63) is 81.9 Å². The topological polar surface area (TPSA) is 136 Å². The van der Waals surface area contributed by atoms with E-state index in [4.69, 9.17) is 9.47 Å². The van der Waals surface area contributed by atoms with E-state index in [0.717, 1.165) is 9.96 Å². The normalized spacial score (nSPS) is 20.6. The number of aromatic nitrogens is 4. The fourth-order valence-corrected chi connectivity index (χ4v) is 8.09. The Bertz CT molecular complexity index is 2000. The van der Waals surface area contributed by atoms with E-state index < -0.39 is 44.9 Å². The Balaban J connectivity index is 1.47. The van der Waals surface area contributed by atoms with Gasteiger partial charge in [0.25, 0.3) is 0 Å². The molecule has 1 spiro atoms. The minimum atomic E-state index is -4.74. The minimum Gasteiger partial charge on any atom is -0.481 e. The van der Waals surface area contributed by atoms with Crippen LogP contribution in [0.1, 0.15) is 65.4 Å². The van der Waals surface area contributed by atoms with E-state index in [1.54, 1.807) is 52.1 Å². The Hall–Kier alpha value is -4.08. The number of nitrogens with zero attached hydrogens (tertiary/aromatic N) is 5. The third-order valence-corrected chi connectivity index (χ3v) is 11.0. The molecule has 1 aromatic carbocycles. The highest BCUT2D eigenvalue weighted by Gasteiger charge is 2.47. The molecule has 2 atom stereocenters. The van der Waals surface area contributed by atoms with Gasteiger partial charge in [-0.05, 0) is 80.1 Å². The van der Waals surface area contributed by atoms with Crippen LogP contribution in [0.15, 0.2) is 47.6 Å². The number of aliphatic carboxylic acids is 1. The average Bonchev–Trinajstić information content (AvgIpc) is 3.62. The molecule has 6 rings (SSSR count). The van der Waals surface area contributed by atoms with Crippen LogP contribution in [0, 0.1) is 26.2 Å². The molecule has 2 aliphatic heterocycles. The summed E-state index contributed by atoms with van der Waals surface area (Å²) in [6, 6.07) is 8.31. The molecule has 1 fully saturated rings. The van der Waals surface area contributed by atoms with Crippen molar-refractivity contribution in [1.82, 2.24) is 23.9 Å². The number of benzene rings is 1. The van der Waals surface area contributed by atoms with Gasteiger partial charge in [-0.1, -0.05) is 18.2 Å². The molecule has 1 saturated heterocycles. The Labute approximate surface area is 269 Å². The summed E-state index contributed by atoms with van der Waals surface area (Å²) in [5.41, 5.74) is 0.931. The third kappa shape index (κ3) is 5.63. The predicted octanol–water partition coefficient (Wildman–Crippen LogP) is 5.05. The number of halogens is 3. The summed E-state index contributed by atoms with van der Waals surface area (Å²) in [6.45, 7) is 8.77. The number of sulfonamides is 1. The zero-order valence-corrected chi connectivity index (χ0v) is 27.2. The number of hydrogen-bond donors (Lipinski definition) is 1. The molecular weight excluding hydrogens is 639 g/mol. The summed E-state index contributed by atoms with van der Waals surface area (Å²) >= 11 is 0. The number of carbonyl (C=O) groups is 1. The molecule has 11 nitrogen and oxygen atoms in total. The smallest absolute Gasteiger partial charge is 0.452 e. The van der Waals surface area contributed by atoms with Crippen LogP contribution in [-0.2, 0) is 32.3 Å². The summed E-state index contributed by atoms with van der Waals surface area (Å²) in [7, 11) is -4.10. The van der Waals surface area contributed by atoms with Gasteiger partial charge in [-0.25, -0.2) is 13.4 Å². The first kappa shape index (κ1) is 32.8. The summed E-state index contributed by atoms with van der Waals surface area (Å²) < 4.78 is 83.2. The van der Waals surface area contributed by atoms with Crippen LogP contribution in [0.25, 0.3) is 5.65 Å². The lowest BCUT2D eigenvalue weighted by Crippen LogP contribution is -2.47. The maximum atomic E-state index is 14.2. The number of aryl methyl sites for hydroxylation is 3.